The van der Waals surface area contributed by atoms with E-state index in [1.54, 1.807) is 0 Å². The molecule has 1 atom stereocenters. The summed E-state index contributed by atoms with van der Waals surface area (Å²) >= 11 is 0. The van der Waals surface area contributed by atoms with E-state index in [1.807, 2.05) is 12.5 Å². The highest BCUT2D eigenvalue weighted by Gasteiger charge is 2.30. The van der Waals surface area contributed by atoms with E-state index in [-0.39, 0.29) is 6.10 Å². The maximum Gasteiger partial charge on any atom is 0.282 e. The summed E-state index contributed by atoms with van der Waals surface area (Å²) in [7, 11) is 0. The minimum Gasteiger partial charge on any atom is -0.454 e. The fourth-order valence-corrected chi connectivity index (χ4v) is 1.77. The first kappa shape index (κ1) is 7.84. The van der Waals surface area contributed by atoms with Crippen LogP contribution in [0.2, 0.25) is 0 Å². The zero-order chi connectivity index (χ0) is 9.54. The van der Waals surface area contributed by atoms with Gasteiger partial charge in [-0.2, -0.15) is 0 Å². The van der Waals surface area contributed by atoms with E-state index in [4.69, 9.17) is 10.5 Å². The Morgan fingerprint density at radius 2 is 2.36 bits per heavy atom. The Bertz CT molecular complexity index is 380. The summed E-state index contributed by atoms with van der Waals surface area (Å²) in [6.07, 6.45) is 6.17. The van der Waals surface area contributed by atoms with Gasteiger partial charge in [0.2, 0.25) is 0 Å². The largest absolute Gasteiger partial charge is 0.454 e. The predicted molar refractivity (Wildman–Crippen MR) is 50.8 cm³/mol. The lowest BCUT2D eigenvalue weighted by Gasteiger charge is -2.12. The first-order valence-electron chi connectivity index (χ1n) is 4.83. The quantitative estimate of drug-likeness (QED) is 0.746. The van der Waals surface area contributed by atoms with Gasteiger partial charge in [-0.15, -0.1) is 0 Å². The lowest BCUT2D eigenvalue weighted by molar-refractivity contribution is 0.215. The van der Waals surface area contributed by atoms with Gasteiger partial charge in [0.05, 0.1) is 24.8 Å². The Kier molecular flexibility index (Phi) is 1.53. The van der Waals surface area contributed by atoms with Crippen LogP contribution in [0.1, 0.15) is 30.7 Å². The molecule has 74 valence electrons. The van der Waals surface area contributed by atoms with Crippen LogP contribution in [-0.4, -0.2) is 22.1 Å². The molecule has 0 bridgehead atoms. The molecule has 3 rings (SSSR count). The zero-order valence-electron chi connectivity index (χ0n) is 7.76. The SMILES string of the molecule is NC1=NCC(c2cncn2C2CC2)O1. The molecule has 1 aromatic heterocycles. The monoisotopic (exact) mass is 192 g/mol. The molecule has 1 aromatic rings. The molecule has 0 spiro atoms. The number of imidazole rings is 1. The topological polar surface area (TPSA) is 65.4 Å². The van der Waals surface area contributed by atoms with Gasteiger partial charge in [-0.1, -0.05) is 0 Å². The van der Waals surface area contributed by atoms with Crippen LogP contribution in [0.25, 0.3) is 0 Å². The zero-order valence-corrected chi connectivity index (χ0v) is 7.76. The van der Waals surface area contributed by atoms with E-state index in [1.165, 1.54) is 12.8 Å². The van der Waals surface area contributed by atoms with E-state index in [0.717, 1.165) is 5.69 Å². The van der Waals surface area contributed by atoms with Crippen molar-refractivity contribution >= 4 is 6.02 Å². The summed E-state index contributed by atoms with van der Waals surface area (Å²) in [6, 6.07) is 0.913. The first-order valence-corrected chi connectivity index (χ1v) is 4.83. The number of rotatable bonds is 2. The maximum absolute atomic E-state index is 5.47. The number of amidine groups is 1. The van der Waals surface area contributed by atoms with Gasteiger partial charge in [-0.25, -0.2) is 9.98 Å². The normalized spacial score (nSPS) is 26.0. The summed E-state index contributed by atoms with van der Waals surface area (Å²) in [4.78, 5) is 8.17. The van der Waals surface area contributed by atoms with Crippen LogP contribution in [0.15, 0.2) is 17.5 Å². The van der Waals surface area contributed by atoms with E-state index >= 15 is 0 Å². The molecule has 0 saturated heterocycles. The average Bonchev–Trinajstić information content (AvgIpc) is 2.75. The summed E-state index contributed by atoms with van der Waals surface area (Å²) in [6.45, 7) is 0.615. The smallest absolute Gasteiger partial charge is 0.282 e. The number of aromatic nitrogens is 2. The van der Waals surface area contributed by atoms with Crippen molar-refractivity contribution < 1.29 is 4.74 Å². The maximum atomic E-state index is 5.47. The van der Waals surface area contributed by atoms with Crippen LogP contribution in [0.5, 0.6) is 0 Å². The summed E-state index contributed by atoms with van der Waals surface area (Å²) in [5.74, 6) is 0. The second kappa shape index (κ2) is 2.73. The Hall–Kier alpha value is -1.52. The lowest BCUT2D eigenvalue weighted by Crippen LogP contribution is -2.15. The van der Waals surface area contributed by atoms with Crippen LogP contribution >= 0.6 is 0 Å². The van der Waals surface area contributed by atoms with Gasteiger partial charge >= 0.3 is 0 Å². The van der Waals surface area contributed by atoms with E-state index in [0.29, 0.717) is 18.6 Å². The minimum atomic E-state index is -0.0295. The Morgan fingerprint density at radius 3 is 3.00 bits per heavy atom. The number of hydrogen-bond donors (Lipinski definition) is 1. The third-order valence-electron chi connectivity index (χ3n) is 2.64. The fraction of sp³-hybridized carbons (Fsp3) is 0.556. The molecule has 5 nitrogen and oxygen atoms in total. The molecule has 1 aliphatic carbocycles. The Morgan fingerprint density at radius 1 is 1.50 bits per heavy atom. The van der Waals surface area contributed by atoms with Crippen molar-refractivity contribution in [1.82, 2.24) is 9.55 Å². The van der Waals surface area contributed by atoms with Crippen molar-refractivity contribution in [1.29, 1.82) is 0 Å². The van der Waals surface area contributed by atoms with Crippen LogP contribution in [0.3, 0.4) is 0 Å². The standard InChI is InChI=1S/C9H12N4O/c10-9-12-4-8(14-9)7-3-11-5-13(7)6-1-2-6/h3,5-6,8H,1-2,4H2,(H2,10,12). The number of ether oxygens (including phenoxy) is 1. The molecule has 14 heavy (non-hydrogen) atoms. The molecule has 2 N–H and O–H groups in total. The van der Waals surface area contributed by atoms with Gasteiger partial charge in [0.1, 0.15) is 0 Å². The molecule has 1 unspecified atom stereocenters. The molecular weight excluding hydrogens is 180 g/mol. The average molecular weight is 192 g/mol. The molecule has 2 aliphatic rings. The highest BCUT2D eigenvalue weighted by Crippen LogP contribution is 2.37. The minimum absolute atomic E-state index is 0.0295. The summed E-state index contributed by atoms with van der Waals surface area (Å²) in [5.41, 5.74) is 6.57. The van der Waals surface area contributed by atoms with Gasteiger partial charge in [-0.05, 0) is 12.8 Å². The van der Waals surface area contributed by atoms with Gasteiger partial charge in [0.25, 0.3) is 6.02 Å². The van der Waals surface area contributed by atoms with E-state index < -0.39 is 0 Å². The van der Waals surface area contributed by atoms with Crippen LogP contribution in [-0.2, 0) is 4.74 Å². The molecule has 0 aromatic carbocycles. The first-order chi connectivity index (χ1) is 6.84. The van der Waals surface area contributed by atoms with Crippen molar-refractivity contribution in [2.75, 3.05) is 6.54 Å². The molecule has 1 saturated carbocycles. The second-order valence-corrected chi connectivity index (χ2v) is 3.74. The molecular formula is C9H12N4O. The molecule has 0 amide bonds. The van der Waals surface area contributed by atoms with Crippen molar-refractivity contribution in [3.63, 3.8) is 0 Å². The Balaban J connectivity index is 1.85. The van der Waals surface area contributed by atoms with Crippen LogP contribution in [0.4, 0.5) is 0 Å². The number of nitrogens with two attached hydrogens (primary N) is 1. The summed E-state index contributed by atoms with van der Waals surface area (Å²) < 4.78 is 7.57. The fourth-order valence-electron chi connectivity index (χ4n) is 1.77. The molecule has 1 aliphatic heterocycles. The van der Waals surface area contributed by atoms with Crippen molar-refractivity contribution in [3.8, 4) is 0 Å². The number of hydrogen-bond acceptors (Lipinski definition) is 4. The van der Waals surface area contributed by atoms with Crippen molar-refractivity contribution in [2.45, 2.75) is 25.0 Å². The van der Waals surface area contributed by atoms with Gasteiger partial charge in [0, 0.05) is 6.04 Å². The third-order valence-corrected chi connectivity index (χ3v) is 2.64. The predicted octanol–water partition coefficient (Wildman–Crippen LogP) is 0.604. The molecule has 1 fully saturated rings. The van der Waals surface area contributed by atoms with Crippen molar-refractivity contribution in [2.24, 2.45) is 10.7 Å². The van der Waals surface area contributed by atoms with Crippen LogP contribution < -0.4 is 5.73 Å². The summed E-state index contributed by atoms with van der Waals surface area (Å²) in [5, 5.41) is 0. The molecule has 0 radical (unpaired) electrons. The highest BCUT2D eigenvalue weighted by molar-refractivity contribution is 5.73. The highest BCUT2D eigenvalue weighted by atomic mass is 16.5. The van der Waals surface area contributed by atoms with Gasteiger partial charge in [-0.3, -0.25) is 0 Å². The van der Waals surface area contributed by atoms with Crippen molar-refractivity contribution in [3.05, 3.63) is 18.2 Å². The Labute approximate surface area is 81.6 Å². The van der Waals surface area contributed by atoms with Gasteiger partial charge in [0.15, 0.2) is 6.10 Å². The number of nitrogens with zero attached hydrogens (tertiary/aromatic N) is 3. The molecule has 2 heterocycles. The van der Waals surface area contributed by atoms with E-state index in [2.05, 4.69) is 14.5 Å². The third kappa shape index (κ3) is 1.16. The van der Waals surface area contributed by atoms with Crippen LogP contribution in [0, 0.1) is 0 Å². The molecule has 5 heteroatoms. The number of aliphatic imine (C=N–C) groups is 1. The lowest BCUT2D eigenvalue weighted by atomic mass is 10.2. The van der Waals surface area contributed by atoms with Gasteiger partial charge < -0.3 is 15.0 Å². The van der Waals surface area contributed by atoms with E-state index in [9.17, 15) is 0 Å². The second-order valence-electron chi connectivity index (χ2n) is 3.74.